The molecule has 3 aliphatic rings. The number of carbonyl (C=O) groups excluding carboxylic acids is 1. The number of fused-ring (bicyclic) bond motifs is 1. The molecule has 2 aliphatic heterocycles. The number of hydrogen-bond donors (Lipinski definition) is 2. The average molecular weight is 357 g/mol. The Hall–Kier alpha value is -1.11. The topological polar surface area (TPSA) is 75.3 Å². The van der Waals surface area contributed by atoms with Gasteiger partial charge in [-0.25, -0.2) is 8.42 Å². The second-order valence-electron chi connectivity index (χ2n) is 6.75. The summed E-state index contributed by atoms with van der Waals surface area (Å²) in [4.78, 5) is 12.8. The molecule has 5 nitrogen and oxygen atoms in total. The van der Waals surface area contributed by atoms with E-state index in [9.17, 15) is 13.2 Å². The zero-order valence-electron chi connectivity index (χ0n) is 12.8. The van der Waals surface area contributed by atoms with Crippen LogP contribution in [0, 0.1) is 11.3 Å². The summed E-state index contributed by atoms with van der Waals surface area (Å²) in [7, 11) is -3.16. The van der Waals surface area contributed by atoms with Crippen LogP contribution in [-0.4, -0.2) is 33.2 Å². The highest BCUT2D eigenvalue weighted by Gasteiger charge is 2.57. The average Bonchev–Trinajstić information content (AvgIpc) is 3.10. The normalized spacial score (nSPS) is 26.2. The molecule has 0 aromatic heterocycles. The van der Waals surface area contributed by atoms with Crippen molar-refractivity contribution in [3.05, 3.63) is 23.8 Å². The van der Waals surface area contributed by atoms with Crippen LogP contribution in [0.1, 0.15) is 24.8 Å². The zero-order valence-corrected chi connectivity index (χ0v) is 14.4. The number of hydrogen-bond acceptors (Lipinski definition) is 4. The molecular weight excluding hydrogens is 336 g/mol. The van der Waals surface area contributed by atoms with Gasteiger partial charge in [-0.2, -0.15) is 0 Å². The number of piperidine rings is 1. The Kier molecular flexibility index (Phi) is 4.19. The third-order valence-corrected chi connectivity index (χ3v) is 7.21. The van der Waals surface area contributed by atoms with E-state index in [0.717, 1.165) is 37.9 Å². The van der Waals surface area contributed by atoms with Crippen molar-refractivity contribution in [1.29, 1.82) is 0 Å². The van der Waals surface area contributed by atoms with Gasteiger partial charge in [-0.1, -0.05) is 6.07 Å². The van der Waals surface area contributed by atoms with Gasteiger partial charge in [-0.15, -0.1) is 12.4 Å². The first-order chi connectivity index (χ1) is 10.5. The number of rotatable bonds is 2. The summed E-state index contributed by atoms with van der Waals surface area (Å²) in [6.07, 6.45) is 3.65. The molecule has 1 aromatic rings. The minimum absolute atomic E-state index is 0. The van der Waals surface area contributed by atoms with Crippen LogP contribution < -0.4 is 10.6 Å². The van der Waals surface area contributed by atoms with Crippen LogP contribution in [0.2, 0.25) is 0 Å². The standard InChI is InChI=1S/C16H20N2O3S.ClH/c19-15(13-10-16(13)4-6-17-7-5-16)18-12-2-1-11-3-8-22(20,21)14(11)9-12;/h1-2,9,13,17H,3-8,10H2,(H,18,19);1H. The van der Waals surface area contributed by atoms with Gasteiger partial charge >= 0.3 is 0 Å². The Morgan fingerprint density at radius 3 is 2.74 bits per heavy atom. The van der Waals surface area contributed by atoms with Crippen LogP contribution in [0.5, 0.6) is 0 Å². The van der Waals surface area contributed by atoms with Crippen molar-refractivity contribution in [1.82, 2.24) is 5.32 Å². The molecule has 1 spiro atoms. The summed E-state index contributed by atoms with van der Waals surface area (Å²) in [6, 6.07) is 5.25. The molecule has 23 heavy (non-hydrogen) atoms. The minimum Gasteiger partial charge on any atom is -0.326 e. The van der Waals surface area contributed by atoms with Crippen LogP contribution in [0.25, 0.3) is 0 Å². The van der Waals surface area contributed by atoms with E-state index in [1.165, 1.54) is 0 Å². The van der Waals surface area contributed by atoms with Crippen molar-refractivity contribution < 1.29 is 13.2 Å². The van der Waals surface area contributed by atoms with Gasteiger partial charge in [-0.05, 0) is 61.9 Å². The first kappa shape index (κ1) is 16.7. The molecule has 0 radical (unpaired) electrons. The van der Waals surface area contributed by atoms with Crippen molar-refractivity contribution in [2.75, 3.05) is 24.2 Å². The van der Waals surface area contributed by atoms with Gasteiger partial charge in [0.1, 0.15) is 0 Å². The lowest BCUT2D eigenvalue weighted by Crippen LogP contribution is -2.31. The van der Waals surface area contributed by atoms with Gasteiger partial charge in [0, 0.05) is 11.6 Å². The molecule has 1 amide bonds. The molecule has 1 aromatic carbocycles. The number of halogens is 1. The predicted molar refractivity (Wildman–Crippen MR) is 90.7 cm³/mol. The fourth-order valence-corrected chi connectivity index (χ4v) is 5.49. The number of aryl methyl sites for hydroxylation is 1. The molecule has 1 aliphatic carbocycles. The van der Waals surface area contributed by atoms with E-state index in [4.69, 9.17) is 0 Å². The van der Waals surface area contributed by atoms with Crippen LogP contribution in [-0.2, 0) is 21.1 Å². The van der Waals surface area contributed by atoms with Gasteiger partial charge in [0.15, 0.2) is 9.84 Å². The number of sulfone groups is 1. The Morgan fingerprint density at radius 2 is 2.00 bits per heavy atom. The molecule has 1 saturated carbocycles. The highest BCUT2D eigenvalue weighted by Crippen LogP contribution is 2.58. The molecule has 0 bridgehead atoms. The lowest BCUT2D eigenvalue weighted by Gasteiger charge is -2.23. The van der Waals surface area contributed by atoms with Crippen LogP contribution >= 0.6 is 12.4 Å². The number of amides is 1. The summed E-state index contributed by atoms with van der Waals surface area (Å²) in [5.41, 5.74) is 1.66. The second-order valence-corrected chi connectivity index (χ2v) is 8.83. The number of nitrogens with one attached hydrogen (secondary N) is 2. The molecule has 1 atom stereocenters. The first-order valence-electron chi connectivity index (χ1n) is 7.88. The van der Waals surface area contributed by atoms with Gasteiger partial charge in [-0.3, -0.25) is 4.79 Å². The smallest absolute Gasteiger partial charge is 0.228 e. The number of anilines is 1. The van der Waals surface area contributed by atoms with Crippen molar-refractivity contribution in [2.45, 2.75) is 30.6 Å². The Morgan fingerprint density at radius 1 is 1.26 bits per heavy atom. The monoisotopic (exact) mass is 356 g/mol. The van der Waals surface area contributed by atoms with Gasteiger partial charge in [0.05, 0.1) is 10.6 Å². The van der Waals surface area contributed by atoms with Gasteiger partial charge < -0.3 is 10.6 Å². The molecule has 126 valence electrons. The van der Waals surface area contributed by atoms with E-state index in [0.29, 0.717) is 17.0 Å². The van der Waals surface area contributed by atoms with Crippen molar-refractivity contribution in [3.8, 4) is 0 Å². The van der Waals surface area contributed by atoms with E-state index in [2.05, 4.69) is 10.6 Å². The third-order valence-electron chi connectivity index (χ3n) is 5.42. The van der Waals surface area contributed by atoms with E-state index in [1.807, 2.05) is 12.1 Å². The highest BCUT2D eigenvalue weighted by atomic mass is 35.5. The molecule has 1 saturated heterocycles. The second kappa shape index (κ2) is 5.76. The number of carbonyl (C=O) groups is 1. The lowest BCUT2D eigenvalue weighted by molar-refractivity contribution is -0.118. The predicted octanol–water partition coefficient (Wildman–Crippen LogP) is 1.77. The van der Waals surface area contributed by atoms with Crippen LogP contribution in [0.3, 0.4) is 0 Å². The molecule has 4 rings (SSSR count). The van der Waals surface area contributed by atoms with E-state index < -0.39 is 9.84 Å². The SMILES string of the molecule is Cl.O=C(Nc1ccc2c(c1)S(=O)(=O)CC2)C1CC12CCNCC2. The maximum absolute atomic E-state index is 12.4. The number of benzene rings is 1. The van der Waals surface area contributed by atoms with E-state index in [1.54, 1.807) is 6.07 Å². The molecule has 2 heterocycles. The Labute approximate surface area is 142 Å². The Bertz CT molecular complexity index is 742. The largest absolute Gasteiger partial charge is 0.326 e. The molecular formula is C16H21ClN2O3S. The Balaban J connectivity index is 0.00000156. The third kappa shape index (κ3) is 2.88. The summed E-state index contributed by atoms with van der Waals surface area (Å²) < 4.78 is 23.9. The molecule has 7 heteroatoms. The molecule has 2 N–H and O–H groups in total. The van der Waals surface area contributed by atoms with Crippen molar-refractivity contribution in [2.24, 2.45) is 11.3 Å². The van der Waals surface area contributed by atoms with Gasteiger partial charge in [0.25, 0.3) is 0 Å². The fraction of sp³-hybridized carbons (Fsp3) is 0.562. The quantitative estimate of drug-likeness (QED) is 0.846. The summed E-state index contributed by atoms with van der Waals surface area (Å²) in [5.74, 6) is 0.301. The summed E-state index contributed by atoms with van der Waals surface area (Å²) >= 11 is 0. The first-order valence-corrected chi connectivity index (χ1v) is 9.53. The highest BCUT2D eigenvalue weighted by molar-refractivity contribution is 7.91. The summed E-state index contributed by atoms with van der Waals surface area (Å²) in [6.45, 7) is 1.97. The van der Waals surface area contributed by atoms with E-state index >= 15 is 0 Å². The zero-order chi connectivity index (χ0) is 15.4. The minimum atomic E-state index is -3.16. The van der Waals surface area contributed by atoms with Crippen LogP contribution in [0.15, 0.2) is 23.1 Å². The lowest BCUT2D eigenvalue weighted by atomic mass is 9.92. The maximum atomic E-state index is 12.4. The van der Waals surface area contributed by atoms with Crippen molar-refractivity contribution in [3.63, 3.8) is 0 Å². The van der Waals surface area contributed by atoms with Crippen LogP contribution in [0.4, 0.5) is 5.69 Å². The fourth-order valence-electron chi connectivity index (χ4n) is 3.91. The summed E-state index contributed by atoms with van der Waals surface area (Å²) in [5, 5.41) is 6.25. The van der Waals surface area contributed by atoms with E-state index in [-0.39, 0.29) is 35.4 Å². The maximum Gasteiger partial charge on any atom is 0.228 e. The molecule has 2 fully saturated rings. The van der Waals surface area contributed by atoms with Gasteiger partial charge in [0.2, 0.25) is 5.91 Å². The van der Waals surface area contributed by atoms with Crippen molar-refractivity contribution >= 4 is 33.8 Å². The molecule has 1 unspecified atom stereocenters.